The van der Waals surface area contributed by atoms with Gasteiger partial charge in [0.15, 0.2) is 0 Å². The summed E-state index contributed by atoms with van der Waals surface area (Å²) in [5, 5.41) is 10.4. The molecule has 0 unspecified atom stereocenters. The van der Waals surface area contributed by atoms with Crippen molar-refractivity contribution in [2.75, 3.05) is 6.61 Å². The van der Waals surface area contributed by atoms with Crippen molar-refractivity contribution < 1.29 is 14.6 Å². The molecule has 2 aliphatic rings. The third-order valence-electron chi connectivity index (χ3n) is 4.70. The van der Waals surface area contributed by atoms with Crippen LogP contribution in [-0.2, 0) is 9.53 Å². The Morgan fingerprint density at radius 3 is 2.70 bits per heavy atom. The van der Waals surface area contributed by atoms with Crippen molar-refractivity contribution >= 4 is 11.4 Å². The molecule has 0 saturated carbocycles. The standard InChI is InChI=1S/C17H20O3/c1-11(18)14-10-20-17(2)9-13(16(19)8-15(14)17)12-6-4-3-5-7-12/h3-7,9,14-16,19H,8,10H2,1-2H3/t14-,15-,16-,17-/m1/s1. The summed E-state index contributed by atoms with van der Waals surface area (Å²) < 4.78 is 5.91. The average molecular weight is 272 g/mol. The minimum Gasteiger partial charge on any atom is -0.388 e. The van der Waals surface area contributed by atoms with Crippen molar-refractivity contribution in [3.05, 3.63) is 42.0 Å². The lowest BCUT2D eigenvalue weighted by Gasteiger charge is -2.37. The number of ether oxygens (including phenoxy) is 1. The van der Waals surface area contributed by atoms with Crippen LogP contribution in [0.25, 0.3) is 5.57 Å². The number of carbonyl (C=O) groups is 1. The van der Waals surface area contributed by atoms with Crippen LogP contribution in [0.4, 0.5) is 0 Å². The maximum absolute atomic E-state index is 11.7. The van der Waals surface area contributed by atoms with Crippen LogP contribution in [0.5, 0.6) is 0 Å². The molecule has 20 heavy (non-hydrogen) atoms. The van der Waals surface area contributed by atoms with Gasteiger partial charge in [-0.3, -0.25) is 4.79 Å². The van der Waals surface area contributed by atoms with Crippen LogP contribution in [-0.4, -0.2) is 29.2 Å². The minimum atomic E-state index is -0.529. The first kappa shape index (κ1) is 13.5. The lowest BCUT2D eigenvalue weighted by atomic mass is 9.71. The smallest absolute Gasteiger partial charge is 0.135 e. The van der Waals surface area contributed by atoms with E-state index in [0.717, 1.165) is 11.1 Å². The van der Waals surface area contributed by atoms with E-state index in [1.54, 1.807) is 6.92 Å². The number of hydrogen-bond acceptors (Lipinski definition) is 3. The molecule has 4 atom stereocenters. The largest absolute Gasteiger partial charge is 0.388 e. The molecule has 3 heteroatoms. The van der Waals surface area contributed by atoms with Gasteiger partial charge in [0.2, 0.25) is 0 Å². The third-order valence-corrected chi connectivity index (χ3v) is 4.70. The lowest BCUT2D eigenvalue weighted by Crippen LogP contribution is -2.40. The first-order chi connectivity index (χ1) is 9.51. The Morgan fingerprint density at radius 1 is 1.35 bits per heavy atom. The molecule has 3 nitrogen and oxygen atoms in total. The van der Waals surface area contributed by atoms with Gasteiger partial charge < -0.3 is 9.84 Å². The molecular weight excluding hydrogens is 252 g/mol. The summed E-state index contributed by atoms with van der Waals surface area (Å²) in [7, 11) is 0. The maximum atomic E-state index is 11.7. The average Bonchev–Trinajstić information content (AvgIpc) is 2.76. The molecule has 1 aliphatic heterocycles. The molecule has 0 aromatic heterocycles. The predicted octanol–water partition coefficient (Wildman–Crippen LogP) is 2.44. The van der Waals surface area contributed by atoms with Crippen LogP contribution in [0, 0.1) is 11.8 Å². The Bertz CT molecular complexity index is 549. The Labute approximate surface area is 119 Å². The van der Waals surface area contributed by atoms with Crippen LogP contribution in [0.15, 0.2) is 36.4 Å². The molecule has 0 bridgehead atoms. The molecule has 1 aromatic carbocycles. The van der Waals surface area contributed by atoms with Crippen LogP contribution in [0.1, 0.15) is 25.8 Å². The Balaban J connectivity index is 1.99. The summed E-state index contributed by atoms with van der Waals surface area (Å²) in [6, 6.07) is 9.88. The number of aliphatic hydroxyl groups excluding tert-OH is 1. The van der Waals surface area contributed by atoms with Crippen molar-refractivity contribution in [2.24, 2.45) is 11.8 Å². The summed E-state index contributed by atoms with van der Waals surface area (Å²) in [6.45, 7) is 4.10. The van der Waals surface area contributed by atoms with E-state index in [1.807, 2.05) is 43.3 Å². The number of Topliss-reactive ketones (excluding diaryl/α,β-unsaturated/α-hetero) is 1. The second-order valence-electron chi connectivity index (χ2n) is 6.04. The fourth-order valence-electron chi connectivity index (χ4n) is 3.52. The van der Waals surface area contributed by atoms with E-state index in [9.17, 15) is 9.90 Å². The molecule has 106 valence electrons. The molecular formula is C17H20O3. The maximum Gasteiger partial charge on any atom is 0.135 e. The molecule has 1 saturated heterocycles. The number of benzene rings is 1. The highest BCUT2D eigenvalue weighted by Gasteiger charge is 2.50. The normalized spacial score (nSPS) is 36.4. The van der Waals surface area contributed by atoms with E-state index < -0.39 is 11.7 Å². The monoisotopic (exact) mass is 272 g/mol. The van der Waals surface area contributed by atoms with Gasteiger partial charge in [-0.05, 0) is 37.5 Å². The highest BCUT2D eigenvalue weighted by Crippen LogP contribution is 2.47. The van der Waals surface area contributed by atoms with Crippen molar-refractivity contribution in [1.29, 1.82) is 0 Å². The van der Waals surface area contributed by atoms with E-state index in [4.69, 9.17) is 4.74 Å². The predicted molar refractivity (Wildman–Crippen MR) is 77.1 cm³/mol. The Morgan fingerprint density at radius 2 is 2.05 bits per heavy atom. The summed E-state index contributed by atoms with van der Waals surface area (Å²) >= 11 is 0. The Kier molecular flexibility index (Phi) is 3.27. The van der Waals surface area contributed by atoms with Gasteiger partial charge in [-0.15, -0.1) is 0 Å². The third kappa shape index (κ3) is 2.11. The van der Waals surface area contributed by atoms with Crippen molar-refractivity contribution in [3.63, 3.8) is 0 Å². The molecule has 1 aromatic rings. The lowest BCUT2D eigenvalue weighted by molar-refractivity contribution is -0.121. The van der Waals surface area contributed by atoms with Gasteiger partial charge in [0.1, 0.15) is 5.78 Å². The van der Waals surface area contributed by atoms with Crippen LogP contribution >= 0.6 is 0 Å². The van der Waals surface area contributed by atoms with Crippen molar-refractivity contribution in [3.8, 4) is 0 Å². The molecule has 1 aliphatic carbocycles. The fraction of sp³-hybridized carbons (Fsp3) is 0.471. The Hall–Kier alpha value is -1.45. The van der Waals surface area contributed by atoms with E-state index in [-0.39, 0.29) is 17.6 Å². The zero-order chi connectivity index (χ0) is 14.3. The van der Waals surface area contributed by atoms with E-state index >= 15 is 0 Å². The number of ketones is 1. The number of hydrogen-bond donors (Lipinski definition) is 1. The number of fused-ring (bicyclic) bond motifs is 1. The molecule has 3 rings (SSSR count). The quantitative estimate of drug-likeness (QED) is 0.899. The minimum absolute atomic E-state index is 0.0717. The summed E-state index contributed by atoms with van der Waals surface area (Å²) in [6.07, 6.45) is 2.07. The van der Waals surface area contributed by atoms with Crippen molar-refractivity contribution in [1.82, 2.24) is 0 Å². The number of aliphatic hydroxyl groups is 1. The summed E-state index contributed by atoms with van der Waals surface area (Å²) in [5.41, 5.74) is 1.49. The van der Waals surface area contributed by atoms with E-state index in [0.29, 0.717) is 13.0 Å². The molecule has 0 radical (unpaired) electrons. The van der Waals surface area contributed by atoms with E-state index in [1.165, 1.54) is 0 Å². The van der Waals surface area contributed by atoms with Gasteiger partial charge >= 0.3 is 0 Å². The molecule has 1 fully saturated rings. The zero-order valence-corrected chi connectivity index (χ0v) is 11.9. The van der Waals surface area contributed by atoms with Crippen LogP contribution < -0.4 is 0 Å². The summed E-state index contributed by atoms with van der Waals surface area (Å²) in [5.74, 6) is 0.133. The second-order valence-corrected chi connectivity index (χ2v) is 6.04. The topological polar surface area (TPSA) is 46.5 Å². The van der Waals surface area contributed by atoms with Gasteiger partial charge in [-0.25, -0.2) is 0 Å². The van der Waals surface area contributed by atoms with Gasteiger partial charge in [0, 0.05) is 11.8 Å². The SMILES string of the molecule is CC(=O)[C@H]1CO[C@]2(C)C=C(c3ccccc3)[C@H](O)C[C@H]12. The molecule has 1 heterocycles. The highest BCUT2D eigenvalue weighted by molar-refractivity contribution is 5.80. The van der Waals surface area contributed by atoms with Gasteiger partial charge in [-0.2, -0.15) is 0 Å². The number of rotatable bonds is 2. The second kappa shape index (κ2) is 4.83. The summed E-state index contributed by atoms with van der Waals surface area (Å²) in [4.78, 5) is 11.7. The van der Waals surface area contributed by atoms with Crippen LogP contribution in [0.2, 0.25) is 0 Å². The van der Waals surface area contributed by atoms with Gasteiger partial charge in [-0.1, -0.05) is 30.3 Å². The molecule has 0 amide bonds. The van der Waals surface area contributed by atoms with Gasteiger partial charge in [0.25, 0.3) is 0 Å². The van der Waals surface area contributed by atoms with Gasteiger partial charge in [0.05, 0.1) is 18.3 Å². The molecule has 0 spiro atoms. The number of carbonyl (C=O) groups excluding carboxylic acids is 1. The van der Waals surface area contributed by atoms with E-state index in [2.05, 4.69) is 0 Å². The first-order valence-corrected chi connectivity index (χ1v) is 7.12. The molecule has 1 N–H and O–H groups in total. The fourth-order valence-corrected chi connectivity index (χ4v) is 3.52. The van der Waals surface area contributed by atoms with Crippen molar-refractivity contribution in [2.45, 2.75) is 32.0 Å². The first-order valence-electron chi connectivity index (χ1n) is 7.12. The zero-order valence-electron chi connectivity index (χ0n) is 11.9. The van der Waals surface area contributed by atoms with Crippen LogP contribution in [0.3, 0.4) is 0 Å². The highest BCUT2D eigenvalue weighted by atomic mass is 16.5.